The molecule has 4 rings (SSSR count). The molecule has 0 radical (unpaired) electrons. The van der Waals surface area contributed by atoms with Gasteiger partial charge in [0.05, 0.1) is 16.3 Å². The van der Waals surface area contributed by atoms with Gasteiger partial charge in [0.1, 0.15) is 5.01 Å². The molecule has 22 heavy (non-hydrogen) atoms. The molecule has 3 heteroatoms. The molecule has 4 aromatic rings. The van der Waals surface area contributed by atoms with Gasteiger partial charge in [-0.1, -0.05) is 60.7 Å². The van der Waals surface area contributed by atoms with E-state index in [1.807, 2.05) is 36.5 Å². The number of hydrogen-bond acceptors (Lipinski definition) is 2. The van der Waals surface area contributed by atoms with Crippen LogP contribution in [0, 0.1) is 0 Å². The minimum absolute atomic E-state index is 1.03. The van der Waals surface area contributed by atoms with Crippen molar-refractivity contribution in [3.05, 3.63) is 79.0 Å². The lowest BCUT2D eigenvalue weighted by Crippen LogP contribution is -1.82. The van der Waals surface area contributed by atoms with Gasteiger partial charge in [0.2, 0.25) is 0 Å². The molecular formula is C19H14N2S. The first-order valence-electron chi connectivity index (χ1n) is 7.17. The maximum atomic E-state index is 4.91. The van der Waals surface area contributed by atoms with Crippen LogP contribution in [0.2, 0.25) is 0 Å². The number of hydrogen-bond donors (Lipinski definition) is 1. The molecule has 0 aliphatic heterocycles. The van der Waals surface area contributed by atoms with E-state index in [1.54, 1.807) is 11.3 Å². The van der Waals surface area contributed by atoms with Crippen molar-refractivity contribution in [2.45, 2.75) is 0 Å². The quantitative estimate of drug-likeness (QED) is 0.534. The predicted octanol–water partition coefficient (Wildman–Crippen LogP) is 5.47. The summed E-state index contributed by atoms with van der Waals surface area (Å²) in [7, 11) is 0. The summed E-state index contributed by atoms with van der Waals surface area (Å²) in [4.78, 5) is 9.38. The smallest absolute Gasteiger partial charge is 0.124 e. The van der Waals surface area contributed by atoms with Gasteiger partial charge in [0.25, 0.3) is 0 Å². The number of nitrogens with one attached hydrogen (secondary N) is 1. The third-order valence-corrected chi connectivity index (χ3v) is 4.68. The molecule has 0 atom stereocenters. The highest BCUT2D eigenvalue weighted by molar-refractivity contribution is 7.18. The Morgan fingerprint density at radius 3 is 2.05 bits per heavy atom. The van der Waals surface area contributed by atoms with Crippen molar-refractivity contribution < 1.29 is 0 Å². The van der Waals surface area contributed by atoms with Crippen LogP contribution in [0.1, 0.15) is 0 Å². The zero-order chi connectivity index (χ0) is 14.8. The van der Waals surface area contributed by atoms with Gasteiger partial charge in [-0.15, -0.1) is 11.3 Å². The van der Waals surface area contributed by atoms with E-state index in [0.717, 1.165) is 27.5 Å². The molecule has 0 fully saturated rings. The van der Waals surface area contributed by atoms with Gasteiger partial charge < -0.3 is 4.98 Å². The maximum absolute atomic E-state index is 4.91. The molecule has 106 valence electrons. The molecule has 2 aromatic carbocycles. The topological polar surface area (TPSA) is 28.7 Å². The monoisotopic (exact) mass is 302 g/mol. The van der Waals surface area contributed by atoms with Crippen LogP contribution in [-0.4, -0.2) is 9.97 Å². The van der Waals surface area contributed by atoms with Crippen molar-refractivity contribution in [2.24, 2.45) is 0 Å². The molecule has 2 nitrogen and oxygen atoms in total. The molecule has 0 unspecified atom stereocenters. The number of benzene rings is 2. The van der Waals surface area contributed by atoms with Crippen molar-refractivity contribution in [2.75, 3.05) is 0 Å². The van der Waals surface area contributed by atoms with Crippen LogP contribution in [0.4, 0.5) is 0 Å². The van der Waals surface area contributed by atoms with Crippen molar-refractivity contribution in [1.82, 2.24) is 9.97 Å². The lowest BCUT2D eigenvalue weighted by Gasteiger charge is -2.00. The van der Waals surface area contributed by atoms with E-state index in [0.29, 0.717) is 0 Å². The fraction of sp³-hybridized carbons (Fsp3) is 0. The van der Waals surface area contributed by atoms with Crippen molar-refractivity contribution in [1.29, 1.82) is 0 Å². The first-order valence-corrected chi connectivity index (χ1v) is 7.99. The van der Waals surface area contributed by atoms with Crippen LogP contribution in [0.3, 0.4) is 0 Å². The Hall–Kier alpha value is -2.65. The van der Waals surface area contributed by atoms with Crippen LogP contribution in [0.5, 0.6) is 0 Å². The van der Waals surface area contributed by atoms with E-state index in [2.05, 4.69) is 47.4 Å². The second-order valence-corrected chi connectivity index (χ2v) is 6.01. The van der Waals surface area contributed by atoms with Crippen LogP contribution in [0.25, 0.3) is 32.4 Å². The Morgan fingerprint density at radius 2 is 1.41 bits per heavy atom. The molecule has 0 bridgehead atoms. The van der Waals surface area contributed by atoms with E-state index < -0.39 is 0 Å². The highest BCUT2D eigenvalue weighted by Gasteiger charge is 2.16. The van der Waals surface area contributed by atoms with Gasteiger partial charge in [0, 0.05) is 17.3 Å². The fourth-order valence-corrected chi connectivity index (χ4v) is 3.55. The molecule has 1 N–H and O–H groups in total. The normalized spacial score (nSPS) is 10.7. The first-order chi connectivity index (χ1) is 10.9. The van der Waals surface area contributed by atoms with Gasteiger partial charge in [-0.25, -0.2) is 4.98 Å². The average Bonchev–Trinajstić information content (AvgIpc) is 3.26. The molecule has 2 heterocycles. The summed E-state index contributed by atoms with van der Waals surface area (Å²) >= 11 is 1.72. The number of thiazole rings is 1. The van der Waals surface area contributed by atoms with Crippen LogP contribution < -0.4 is 0 Å². The zero-order valence-corrected chi connectivity index (χ0v) is 12.7. The van der Waals surface area contributed by atoms with Crippen LogP contribution in [0.15, 0.2) is 79.0 Å². The summed E-state index contributed by atoms with van der Waals surface area (Å²) in [5.41, 5.74) is 4.44. The predicted molar refractivity (Wildman–Crippen MR) is 92.8 cm³/mol. The minimum atomic E-state index is 1.03. The second-order valence-electron chi connectivity index (χ2n) is 5.01. The number of rotatable bonds is 3. The summed E-state index contributed by atoms with van der Waals surface area (Å²) in [5, 5.41) is 1.05. The van der Waals surface area contributed by atoms with Gasteiger partial charge in [0.15, 0.2) is 0 Å². The lowest BCUT2D eigenvalue weighted by atomic mass is 10.1. The largest absolute Gasteiger partial charge is 0.360 e. The third-order valence-electron chi connectivity index (χ3n) is 3.54. The molecule has 2 aromatic heterocycles. The minimum Gasteiger partial charge on any atom is -0.360 e. The molecular weight excluding hydrogens is 288 g/mol. The van der Waals surface area contributed by atoms with Crippen LogP contribution >= 0.6 is 11.3 Å². The molecule has 0 amide bonds. The van der Waals surface area contributed by atoms with E-state index in [9.17, 15) is 0 Å². The molecule has 0 spiro atoms. The number of aromatic amines is 1. The Kier molecular flexibility index (Phi) is 3.33. The zero-order valence-electron chi connectivity index (χ0n) is 11.9. The number of aromatic nitrogens is 2. The Balaban J connectivity index is 1.91. The van der Waals surface area contributed by atoms with E-state index in [4.69, 9.17) is 4.98 Å². The first kappa shape index (κ1) is 13.0. The third kappa shape index (κ3) is 2.36. The Labute approximate surface area is 133 Å². The maximum Gasteiger partial charge on any atom is 0.124 e. The molecule has 0 saturated carbocycles. The SMILES string of the molecule is c1ccc(-c2nc(-c3ccccc3)c(-c3ccc[nH]3)s2)cc1. The van der Waals surface area contributed by atoms with Crippen molar-refractivity contribution in [3.63, 3.8) is 0 Å². The highest BCUT2D eigenvalue weighted by Crippen LogP contribution is 2.39. The second kappa shape index (κ2) is 5.62. The van der Waals surface area contributed by atoms with Gasteiger partial charge in [-0.2, -0.15) is 0 Å². The van der Waals surface area contributed by atoms with Crippen LogP contribution in [-0.2, 0) is 0 Å². The van der Waals surface area contributed by atoms with Crippen molar-refractivity contribution >= 4 is 11.3 Å². The molecule has 0 aliphatic carbocycles. The van der Waals surface area contributed by atoms with Gasteiger partial charge in [-0.3, -0.25) is 0 Å². The average molecular weight is 302 g/mol. The Bertz CT molecular complexity index is 862. The summed E-state index contributed by atoms with van der Waals surface area (Å²) < 4.78 is 0. The number of nitrogens with zero attached hydrogens (tertiary/aromatic N) is 1. The molecule has 0 aliphatic rings. The van der Waals surface area contributed by atoms with Crippen molar-refractivity contribution in [3.8, 4) is 32.4 Å². The highest BCUT2D eigenvalue weighted by atomic mass is 32.1. The number of H-pyrrole nitrogens is 1. The summed E-state index contributed by atoms with van der Waals surface area (Å²) in [5.74, 6) is 0. The summed E-state index contributed by atoms with van der Waals surface area (Å²) in [6.07, 6.45) is 1.95. The summed E-state index contributed by atoms with van der Waals surface area (Å²) in [6, 6.07) is 24.8. The Morgan fingerprint density at radius 1 is 0.727 bits per heavy atom. The van der Waals surface area contributed by atoms with Gasteiger partial charge >= 0.3 is 0 Å². The van der Waals surface area contributed by atoms with E-state index in [1.165, 1.54) is 4.88 Å². The van der Waals surface area contributed by atoms with Gasteiger partial charge in [-0.05, 0) is 12.1 Å². The molecule has 0 saturated heterocycles. The standard InChI is InChI=1S/C19H14N2S/c1-3-8-14(9-4-1)17-18(16-12-7-13-20-16)22-19(21-17)15-10-5-2-6-11-15/h1-13,20H. The van der Waals surface area contributed by atoms with E-state index >= 15 is 0 Å². The fourth-order valence-electron chi connectivity index (χ4n) is 2.47. The lowest BCUT2D eigenvalue weighted by molar-refractivity contribution is 1.37. The van der Waals surface area contributed by atoms with E-state index in [-0.39, 0.29) is 0 Å². The summed E-state index contributed by atoms with van der Waals surface area (Å²) in [6.45, 7) is 0.